The Hall–Kier alpha value is -1.92. The molecule has 2 fully saturated rings. The summed E-state index contributed by atoms with van der Waals surface area (Å²) in [4.78, 5) is 4.69. The van der Waals surface area contributed by atoms with Gasteiger partial charge in [-0.15, -0.1) is 5.10 Å². The lowest BCUT2D eigenvalue weighted by atomic mass is 10.2. The molecule has 0 spiro atoms. The highest BCUT2D eigenvalue weighted by Crippen LogP contribution is 2.26. The van der Waals surface area contributed by atoms with Gasteiger partial charge in [-0.05, 0) is 12.8 Å². The first-order chi connectivity index (χ1) is 10.4. The minimum atomic E-state index is 0.352. The Balaban J connectivity index is 1.62. The number of H-pyrrole nitrogens is 1. The molecule has 2 saturated heterocycles. The number of nitrogens with zero attached hydrogens (tertiary/aromatic N) is 4. The van der Waals surface area contributed by atoms with Crippen LogP contribution in [-0.2, 0) is 4.74 Å². The van der Waals surface area contributed by atoms with Crippen molar-refractivity contribution in [1.29, 1.82) is 0 Å². The quantitative estimate of drug-likeness (QED) is 0.926. The normalized spacial score (nSPS) is 22.2. The SMILES string of the molecule is c1ccc(-c2nc(N(C3CCOC3)N3CCC3)n[nH]2)cc1. The van der Waals surface area contributed by atoms with Gasteiger partial charge >= 0.3 is 0 Å². The standard InChI is InChI=1S/C15H19N5O/c1-2-5-12(6-3-1)14-16-15(18-17-14)20(19-8-4-9-19)13-7-10-21-11-13/h1-3,5-6,13H,4,7-11H2,(H,16,17,18). The fourth-order valence-electron chi connectivity index (χ4n) is 2.83. The lowest BCUT2D eigenvalue weighted by molar-refractivity contribution is 0.127. The molecule has 2 aliphatic rings. The molecule has 4 rings (SSSR count). The Labute approximate surface area is 123 Å². The second kappa shape index (κ2) is 5.46. The summed E-state index contributed by atoms with van der Waals surface area (Å²) < 4.78 is 5.54. The predicted molar refractivity (Wildman–Crippen MR) is 79.7 cm³/mol. The first-order valence-corrected chi connectivity index (χ1v) is 7.51. The van der Waals surface area contributed by atoms with E-state index in [1.807, 2.05) is 30.3 Å². The van der Waals surface area contributed by atoms with Gasteiger partial charge in [0.25, 0.3) is 5.95 Å². The Morgan fingerprint density at radius 3 is 2.76 bits per heavy atom. The minimum Gasteiger partial charge on any atom is -0.379 e. The zero-order chi connectivity index (χ0) is 14.1. The van der Waals surface area contributed by atoms with Crippen molar-refractivity contribution in [3.63, 3.8) is 0 Å². The molecule has 2 aromatic rings. The van der Waals surface area contributed by atoms with Crippen molar-refractivity contribution in [2.45, 2.75) is 18.9 Å². The van der Waals surface area contributed by atoms with Gasteiger partial charge in [0.05, 0.1) is 12.6 Å². The van der Waals surface area contributed by atoms with Crippen LogP contribution in [0.3, 0.4) is 0 Å². The van der Waals surface area contributed by atoms with Crippen molar-refractivity contribution in [1.82, 2.24) is 20.2 Å². The average molecular weight is 285 g/mol. The van der Waals surface area contributed by atoms with Crippen LogP contribution in [0.15, 0.2) is 30.3 Å². The maximum atomic E-state index is 5.54. The van der Waals surface area contributed by atoms with E-state index in [-0.39, 0.29) is 0 Å². The molecule has 110 valence electrons. The topological polar surface area (TPSA) is 57.3 Å². The summed E-state index contributed by atoms with van der Waals surface area (Å²) in [5, 5.41) is 12.0. The number of aromatic amines is 1. The first kappa shape index (κ1) is 12.8. The Kier molecular flexibility index (Phi) is 3.33. The van der Waals surface area contributed by atoms with Crippen LogP contribution < -0.4 is 5.01 Å². The third-order valence-electron chi connectivity index (χ3n) is 4.11. The zero-order valence-electron chi connectivity index (χ0n) is 11.9. The second-order valence-corrected chi connectivity index (χ2v) is 5.52. The smallest absolute Gasteiger partial charge is 0.259 e. The van der Waals surface area contributed by atoms with Gasteiger partial charge in [0.1, 0.15) is 0 Å². The maximum Gasteiger partial charge on any atom is 0.259 e. The maximum absolute atomic E-state index is 5.54. The number of hydrogen-bond donors (Lipinski definition) is 1. The van der Waals surface area contributed by atoms with E-state index >= 15 is 0 Å². The highest BCUT2D eigenvalue weighted by molar-refractivity contribution is 5.56. The Bertz CT molecular complexity index is 589. The van der Waals surface area contributed by atoms with Gasteiger partial charge in [-0.25, -0.2) is 5.01 Å². The van der Waals surface area contributed by atoms with Gasteiger partial charge < -0.3 is 4.74 Å². The molecule has 21 heavy (non-hydrogen) atoms. The molecule has 0 amide bonds. The number of nitrogens with one attached hydrogen (secondary N) is 1. The van der Waals surface area contributed by atoms with Crippen LogP contribution in [0.25, 0.3) is 11.4 Å². The number of hydrazine groups is 1. The molecule has 1 atom stereocenters. The van der Waals surface area contributed by atoms with Crippen LogP contribution in [0.1, 0.15) is 12.8 Å². The van der Waals surface area contributed by atoms with Gasteiger partial charge in [-0.2, -0.15) is 4.98 Å². The fourth-order valence-corrected chi connectivity index (χ4v) is 2.83. The van der Waals surface area contributed by atoms with E-state index in [1.165, 1.54) is 6.42 Å². The van der Waals surface area contributed by atoms with Gasteiger partial charge in [0.15, 0.2) is 5.82 Å². The van der Waals surface area contributed by atoms with E-state index in [0.717, 1.165) is 50.1 Å². The van der Waals surface area contributed by atoms with E-state index < -0.39 is 0 Å². The van der Waals surface area contributed by atoms with Crippen LogP contribution in [0, 0.1) is 0 Å². The molecule has 1 aromatic heterocycles. The molecule has 1 aromatic carbocycles. The van der Waals surface area contributed by atoms with E-state index in [1.54, 1.807) is 0 Å². The summed E-state index contributed by atoms with van der Waals surface area (Å²) in [6.45, 7) is 3.73. The molecule has 3 heterocycles. The first-order valence-electron chi connectivity index (χ1n) is 7.51. The summed E-state index contributed by atoms with van der Waals surface area (Å²) in [7, 11) is 0. The van der Waals surface area contributed by atoms with Gasteiger partial charge in [-0.3, -0.25) is 10.1 Å². The number of hydrogen-bond acceptors (Lipinski definition) is 5. The lowest BCUT2D eigenvalue weighted by Crippen LogP contribution is -2.56. The molecular weight excluding hydrogens is 266 g/mol. The van der Waals surface area contributed by atoms with Crippen LogP contribution in [0.5, 0.6) is 0 Å². The van der Waals surface area contributed by atoms with Gasteiger partial charge in [0, 0.05) is 25.3 Å². The van der Waals surface area contributed by atoms with Crippen LogP contribution >= 0.6 is 0 Å². The third kappa shape index (κ3) is 2.41. The number of rotatable bonds is 4. The molecule has 2 aliphatic heterocycles. The molecule has 0 radical (unpaired) electrons. The summed E-state index contributed by atoms with van der Waals surface area (Å²) in [5.41, 5.74) is 1.06. The monoisotopic (exact) mass is 285 g/mol. The van der Waals surface area contributed by atoms with E-state index in [2.05, 4.69) is 20.2 Å². The average Bonchev–Trinajstić information content (AvgIpc) is 3.15. The van der Waals surface area contributed by atoms with E-state index in [4.69, 9.17) is 9.72 Å². The van der Waals surface area contributed by atoms with E-state index in [9.17, 15) is 0 Å². The second-order valence-electron chi connectivity index (χ2n) is 5.52. The van der Waals surface area contributed by atoms with Crippen molar-refractivity contribution in [2.24, 2.45) is 0 Å². The lowest BCUT2D eigenvalue weighted by Gasteiger charge is -2.43. The number of ether oxygens (including phenoxy) is 1. The number of aromatic nitrogens is 3. The summed E-state index contributed by atoms with van der Waals surface area (Å²) >= 11 is 0. The molecular formula is C15H19N5O. The Morgan fingerprint density at radius 2 is 2.10 bits per heavy atom. The van der Waals surface area contributed by atoms with Gasteiger partial charge in [-0.1, -0.05) is 30.3 Å². The molecule has 0 bridgehead atoms. The highest BCUT2D eigenvalue weighted by atomic mass is 16.5. The summed E-state index contributed by atoms with van der Waals surface area (Å²) in [5.74, 6) is 1.57. The van der Waals surface area contributed by atoms with Crippen LogP contribution in [0.4, 0.5) is 5.95 Å². The van der Waals surface area contributed by atoms with E-state index in [0.29, 0.717) is 6.04 Å². The Morgan fingerprint density at radius 1 is 1.24 bits per heavy atom. The molecule has 1 unspecified atom stereocenters. The van der Waals surface area contributed by atoms with Crippen molar-refractivity contribution in [2.75, 3.05) is 31.3 Å². The number of anilines is 1. The van der Waals surface area contributed by atoms with Crippen molar-refractivity contribution in [3.05, 3.63) is 30.3 Å². The molecule has 6 heteroatoms. The van der Waals surface area contributed by atoms with Crippen molar-refractivity contribution >= 4 is 5.95 Å². The van der Waals surface area contributed by atoms with Crippen LogP contribution in [-0.4, -0.2) is 52.5 Å². The summed E-state index contributed by atoms with van der Waals surface area (Å²) in [6.07, 6.45) is 2.27. The third-order valence-corrected chi connectivity index (χ3v) is 4.11. The van der Waals surface area contributed by atoms with Crippen LogP contribution in [0.2, 0.25) is 0 Å². The fraction of sp³-hybridized carbons (Fsp3) is 0.467. The molecule has 0 saturated carbocycles. The van der Waals surface area contributed by atoms with Crippen molar-refractivity contribution < 1.29 is 4.74 Å². The summed E-state index contributed by atoms with van der Waals surface area (Å²) in [6, 6.07) is 10.5. The molecule has 1 N–H and O–H groups in total. The molecule has 6 nitrogen and oxygen atoms in total. The largest absolute Gasteiger partial charge is 0.379 e. The molecule has 0 aliphatic carbocycles. The number of benzene rings is 1. The predicted octanol–water partition coefficient (Wildman–Crippen LogP) is 1.69. The van der Waals surface area contributed by atoms with Gasteiger partial charge in [0.2, 0.25) is 0 Å². The van der Waals surface area contributed by atoms with Crippen molar-refractivity contribution in [3.8, 4) is 11.4 Å². The highest BCUT2D eigenvalue weighted by Gasteiger charge is 2.33. The zero-order valence-corrected chi connectivity index (χ0v) is 11.9. The minimum absolute atomic E-state index is 0.352.